The predicted octanol–water partition coefficient (Wildman–Crippen LogP) is 3.59. The smallest absolute Gasteiger partial charge is 0.233 e. The van der Waals surface area contributed by atoms with Crippen molar-refractivity contribution in [2.75, 3.05) is 10.5 Å². The number of sulfonamides is 1. The summed E-state index contributed by atoms with van der Waals surface area (Å²) in [4.78, 5) is 12.5. The van der Waals surface area contributed by atoms with Crippen molar-refractivity contribution < 1.29 is 13.2 Å². The van der Waals surface area contributed by atoms with Gasteiger partial charge in [-0.3, -0.25) is 9.52 Å². The van der Waals surface area contributed by atoms with Crippen molar-refractivity contribution in [3.05, 3.63) is 28.7 Å². The summed E-state index contributed by atoms with van der Waals surface area (Å²) in [6.45, 7) is 4.09. The fourth-order valence-corrected chi connectivity index (χ4v) is 6.48. The van der Waals surface area contributed by atoms with Gasteiger partial charge in [0.25, 0.3) is 0 Å². The highest BCUT2D eigenvalue weighted by Gasteiger charge is 2.65. The second kappa shape index (κ2) is 5.06. The van der Waals surface area contributed by atoms with Gasteiger partial charge in [-0.2, -0.15) is 0 Å². The summed E-state index contributed by atoms with van der Waals surface area (Å²) in [6, 6.07) is 7.03. The van der Waals surface area contributed by atoms with E-state index in [0.717, 1.165) is 10.9 Å². The van der Waals surface area contributed by atoms with Gasteiger partial charge in [0.1, 0.15) is 5.78 Å². The first kappa shape index (κ1) is 16.0. The van der Waals surface area contributed by atoms with Crippen molar-refractivity contribution in [2.24, 2.45) is 16.7 Å². The minimum Gasteiger partial charge on any atom is -0.299 e. The monoisotopic (exact) mass is 385 g/mol. The highest BCUT2D eigenvalue weighted by atomic mass is 79.9. The number of carbonyl (C=O) groups is 1. The number of nitrogens with one attached hydrogen (secondary N) is 1. The second-order valence-electron chi connectivity index (χ2n) is 7.04. The van der Waals surface area contributed by atoms with Crippen LogP contribution in [0.1, 0.15) is 33.1 Å². The lowest BCUT2D eigenvalue weighted by molar-refractivity contribution is -0.128. The summed E-state index contributed by atoms with van der Waals surface area (Å²) in [6.07, 6.45) is 2.16. The molecule has 0 unspecified atom stereocenters. The van der Waals surface area contributed by atoms with Crippen molar-refractivity contribution in [3.8, 4) is 0 Å². The van der Waals surface area contributed by atoms with E-state index in [-0.39, 0.29) is 17.0 Å². The molecule has 2 atom stereocenters. The Morgan fingerprint density at radius 2 is 2.09 bits per heavy atom. The lowest BCUT2D eigenvalue weighted by Gasteiger charge is -2.36. The molecule has 0 aliphatic heterocycles. The molecule has 2 fully saturated rings. The summed E-state index contributed by atoms with van der Waals surface area (Å²) in [5, 5.41) is 0. The largest absolute Gasteiger partial charge is 0.299 e. The molecular weight excluding hydrogens is 366 g/mol. The average molecular weight is 386 g/mol. The maximum Gasteiger partial charge on any atom is 0.233 e. The number of Topliss-reactive ketones (excluding diaryl/α,β-unsaturated/α-hetero) is 1. The van der Waals surface area contributed by atoms with Gasteiger partial charge in [0.05, 0.1) is 11.2 Å². The van der Waals surface area contributed by atoms with Crippen LogP contribution < -0.4 is 4.72 Å². The molecule has 1 aromatic rings. The van der Waals surface area contributed by atoms with Gasteiger partial charge in [0, 0.05) is 16.6 Å². The number of hydrogen-bond acceptors (Lipinski definition) is 3. The van der Waals surface area contributed by atoms with Gasteiger partial charge in [-0.05, 0) is 42.4 Å². The van der Waals surface area contributed by atoms with E-state index in [1.165, 1.54) is 0 Å². The minimum absolute atomic E-state index is 0.116. The molecule has 2 saturated carbocycles. The van der Waals surface area contributed by atoms with Crippen LogP contribution in [0.4, 0.5) is 5.69 Å². The standard InChI is InChI=1S/C16H20BrNO3S/c1-15(2)11-6-7-16(15,14(19)8-11)10-22(20,21)18-13-5-3-4-12(17)9-13/h3-5,9,11,18H,6-8,10H2,1-2H3/t11-,16-/m1/s1. The number of carbonyl (C=O) groups excluding carboxylic acids is 1. The number of halogens is 1. The van der Waals surface area contributed by atoms with E-state index in [9.17, 15) is 13.2 Å². The van der Waals surface area contributed by atoms with Crippen LogP contribution in [0.3, 0.4) is 0 Å². The molecule has 1 aromatic carbocycles. The third-order valence-corrected chi connectivity index (χ3v) is 7.59. The molecule has 2 aliphatic rings. The molecule has 6 heteroatoms. The normalized spacial score (nSPS) is 29.8. The molecule has 22 heavy (non-hydrogen) atoms. The van der Waals surface area contributed by atoms with E-state index < -0.39 is 15.4 Å². The van der Waals surface area contributed by atoms with Crippen LogP contribution >= 0.6 is 15.9 Å². The first-order valence-electron chi connectivity index (χ1n) is 7.46. The van der Waals surface area contributed by atoms with Crippen LogP contribution in [0.2, 0.25) is 0 Å². The van der Waals surface area contributed by atoms with E-state index >= 15 is 0 Å². The second-order valence-corrected chi connectivity index (χ2v) is 9.68. The van der Waals surface area contributed by atoms with Gasteiger partial charge in [0.2, 0.25) is 10.0 Å². The van der Waals surface area contributed by atoms with Crippen LogP contribution in [0.25, 0.3) is 0 Å². The van der Waals surface area contributed by atoms with Crippen molar-refractivity contribution >= 4 is 37.4 Å². The van der Waals surface area contributed by atoms with Crippen molar-refractivity contribution in [1.82, 2.24) is 0 Å². The van der Waals surface area contributed by atoms with Crippen LogP contribution in [0.5, 0.6) is 0 Å². The molecule has 0 spiro atoms. The molecule has 0 radical (unpaired) electrons. The number of rotatable bonds is 4. The van der Waals surface area contributed by atoms with Crippen molar-refractivity contribution in [2.45, 2.75) is 33.1 Å². The fourth-order valence-electron chi connectivity index (χ4n) is 4.20. The van der Waals surface area contributed by atoms with E-state index in [4.69, 9.17) is 0 Å². The Balaban J connectivity index is 1.87. The van der Waals surface area contributed by atoms with Gasteiger partial charge in [-0.15, -0.1) is 0 Å². The zero-order valence-electron chi connectivity index (χ0n) is 12.7. The Labute approximate surface area is 139 Å². The lowest BCUT2D eigenvalue weighted by atomic mass is 9.70. The van der Waals surface area contributed by atoms with Crippen LogP contribution in [0.15, 0.2) is 28.7 Å². The van der Waals surface area contributed by atoms with E-state index in [0.29, 0.717) is 24.4 Å². The number of ketones is 1. The molecule has 0 aromatic heterocycles. The number of anilines is 1. The number of hydrogen-bond donors (Lipinski definition) is 1. The molecule has 120 valence electrons. The molecule has 1 N–H and O–H groups in total. The first-order chi connectivity index (χ1) is 10.2. The zero-order valence-corrected chi connectivity index (χ0v) is 15.1. The number of fused-ring (bicyclic) bond motifs is 2. The molecule has 0 saturated heterocycles. The fraction of sp³-hybridized carbons (Fsp3) is 0.562. The SMILES string of the molecule is CC1(C)[C@@H]2CC[C@@]1(CS(=O)(=O)Nc1cccc(Br)c1)C(=O)C2. The average Bonchev–Trinajstić information content (AvgIpc) is 2.71. The van der Waals surface area contributed by atoms with Gasteiger partial charge in [-0.25, -0.2) is 8.42 Å². The number of benzene rings is 1. The van der Waals surface area contributed by atoms with Gasteiger partial charge in [-0.1, -0.05) is 35.8 Å². The van der Waals surface area contributed by atoms with Crippen molar-refractivity contribution in [3.63, 3.8) is 0 Å². The molecule has 2 bridgehead atoms. The first-order valence-corrected chi connectivity index (χ1v) is 9.90. The maximum absolute atomic E-state index is 12.6. The molecule has 0 amide bonds. The Morgan fingerprint density at radius 3 is 2.64 bits per heavy atom. The summed E-state index contributed by atoms with van der Waals surface area (Å²) < 4.78 is 28.6. The van der Waals surface area contributed by atoms with Crippen LogP contribution in [-0.2, 0) is 14.8 Å². The van der Waals surface area contributed by atoms with Gasteiger partial charge < -0.3 is 0 Å². The van der Waals surface area contributed by atoms with E-state index in [1.54, 1.807) is 18.2 Å². The lowest BCUT2D eigenvalue weighted by Crippen LogP contribution is -2.43. The Hall–Kier alpha value is -0.880. The minimum atomic E-state index is -3.57. The highest BCUT2D eigenvalue weighted by Crippen LogP contribution is 2.64. The van der Waals surface area contributed by atoms with Gasteiger partial charge in [0.15, 0.2) is 0 Å². The Morgan fingerprint density at radius 1 is 1.36 bits per heavy atom. The van der Waals surface area contributed by atoms with Crippen molar-refractivity contribution in [1.29, 1.82) is 0 Å². The molecule has 3 rings (SSSR count). The van der Waals surface area contributed by atoms with Gasteiger partial charge >= 0.3 is 0 Å². The third-order valence-electron chi connectivity index (χ3n) is 5.67. The van der Waals surface area contributed by atoms with Crippen LogP contribution in [0, 0.1) is 16.7 Å². The van der Waals surface area contributed by atoms with E-state index in [2.05, 4.69) is 20.7 Å². The maximum atomic E-state index is 12.6. The molecule has 0 heterocycles. The summed E-state index contributed by atoms with van der Waals surface area (Å²) in [5.41, 5.74) is -0.449. The summed E-state index contributed by atoms with van der Waals surface area (Å²) >= 11 is 3.33. The molecule has 4 nitrogen and oxygen atoms in total. The zero-order chi connectivity index (χ0) is 16.2. The summed E-state index contributed by atoms with van der Waals surface area (Å²) in [5.74, 6) is 0.323. The molecule has 2 aliphatic carbocycles. The quantitative estimate of drug-likeness (QED) is 0.860. The third kappa shape index (κ3) is 2.40. The topological polar surface area (TPSA) is 63.2 Å². The van der Waals surface area contributed by atoms with E-state index in [1.807, 2.05) is 19.9 Å². The highest BCUT2D eigenvalue weighted by molar-refractivity contribution is 9.10. The Kier molecular flexibility index (Phi) is 3.68. The van der Waals surface area contributed by atoms with Crippen LogP contribution in [-0.4, -0.2) is 20.0 Å². The molecular formula is C16H20BrNO3S. The summed E-state index contributed by atoms with van der Waals surface area (Å²) in [7, 11) is -3.57. The predicted molar refractivity (Wildman–Crippen MR) is 90.1 cm³/mol. The Bertz CT molecular complexity index is 729.